The summed E-state index contributed by atoms with van der Waals surface area (Å²) in [6.07, 6.45) is 0. The molecule has 0 atom stereocenters. The minimum absolute atomic E-state index is 0.365. The first-order chi connectivity index (χ1) is 8.29. The summed E-state index contributed by atoms with van der Waals surface area (Å²) in [5.74, 6) is -0.368. The van der Waals surface area contributed by atoms with Crippen molar-refractivity contribution in [3.05, 3.63) is 33.5 Å². The molecule has 90 valence electrons. The Bertz CT molecular complexity index is 479. The van der Waals surface area contributed by atoms with E-state index < -0.39 is 0 Å². The fraction of sp³-hybridized carbons (Fsp3) is 0.273. The van der Waals surface area contributed by atoms with E-state index in [1.165, 1.54) is 16.9 Å². The SMILES string of the molecule is CCOC(=O)c1csc(NCc2ccsc2)n1. The molecular formula is C11H12N2O2S2. The molecule has 1 N–H and O–H groups in total. The van der Waals surface area contributed by atoms with Gasteiger partial charge in [0.25, 0.3) is 0 Å². The second-order valence-corrected chi connectivity index (χ2v) is 4.88. The van der Waals surface area contributed by atoms with Gasteiger partial charge in [0.2, 0.25) is 0 Å². The highest BCUT2D eigenvalue weighted by Crippen LogP contribution is 2.17. The summed E-state index contributed by atoms with van der Waals surface area (Å²) in [5.41, 5.74) is 1.58. The summed E-state index contributed by atoms with van der Waals surface area (Å²) in [7, 11) is 0. The third-order valence-corrected chi connectivity index (χ3v) is 3.54. The summed E-state index contributed by atoms with van der Waals surface area (Å²) in [6, 6.07) is 2.05. The Hall–Kier alpha value is -1.40. The molecule has 0 saturated carbocycles. The summed E-state index contributed by atoms with van der Waals surface area (Å²) < 4.78 is 4.87. The van der Waals surface area contributed by atoms with E-state index in [0.29, 0.717) is 12.3 Å². The molecule has 0 amide bonds. The minimum atomic E-state index is -0.368. The Kier molecular flexibility index (Phi) is 4.11. The standard InChI is InChI=1S/C11H12N2O2S2/c1-2-15-10(14)9-7-17-11(13-9)12-5-8-3-4-16-6-8/h3-4,6-7H,2,5H2,1H3,(H,12,13). The van der Waals surface area contributed by atoms with Crippen molar-refractivity contribution in [2.75, 3.05) is 11.9 Å². The van der Waals surface area contributed by atoms with Crippen molar-refractivity contribution < 1.29 is 9.53 Å². The van der Waals surface area contributed by atoms with Crippen LogP contribution >= 0.6 is 22.7 Å². The number of nitrogens with one attached hydrogen (secondary N) is 1. The van der Waals surface area contributed by atoms with Gasteiger partial charge in [-0.1, -0.05) is 0 Å². The predicted octanol–water partition coefficient (Wildman–Crippen LogP) is 2.99. The van der Waals surface area contributed by atoms with Gasteiger partial charge in [0.15, 0.2) is 10.8 Å². The molecule has 0 aromatic carbocycles. The highest BCUT2D eigenvalue weighted by Gasteiger charge is 2.11. The molecule has 0 spiro atoms. The zero-order chi connectivity index (χ0) is 12.1. The van der Waals surface area contributed by atoms with Gasteiger partial charge >= 0.3 is 5.97 Å². The Balaban J connectivity index is 1.92. The van der Waals surface area contributed by atoms with Crippen molar-refractivity contribution in [3.8, 4) is 0 Å². The lowest BCUT2D eigenvalue weighted by atomic mass is 10.3. The van der Waals surface area contributed by atoms with Crippen LogP contribution in [0.15, 0.2) is 22.2 Å². The molecule has 2 aromatic rings. The van der Waals surface area contributed by atoms with Crippen LogP contribution in [0, 0.1) is 0 Å². The number of anilines is 1. The summed E-state index contributed by atoms with van der Waals surface area (Å²) in [4.78, 5) is 15.6. The van der Waals surface area contributed by atoms with Crippen molar-refractivity contribution >= 4 is 33.8 Å². The summed E-state index contributed by atoms with van der Waals surface area (Å²) >= 11 is 3.07. The maximum Gasteiger partial charge on any atom is 0.357 e. The molecular weight excluding hydrogens is 256 g/mol. The van der Waals surface area contributed by atoms with Gasteiger partial charge in [0.05, 0.1) is 6.61 Å². The molecule has 0 aliphatic carbocycles. The number of carbonyl (C=O) groups excluding carboxylic acids is 1. The van der Waals surface area contributed by atoms with Gasteiger partial charge in [-0.05, 0) is 29.3 Å². The highest BCUT2D eigenvalue weighted by molar-refractivity contribution is 7.13. The normalized spacial score (nSPS) is 10.2. The predicted molar refractivity (Wildman–Crippen MR) is 69.7 cm³/mol. The van der Waals surface area contributed by atoms with Crippen LogP contribution in [0.5, 0.6) is 0 Å². The van der Waals surface area contributed by atoms with Gasteiger partial charge in [-0.3, -0.25) is 0 Å². The Morgan fingerprint density at radius 3 is 3.12 bits per heavy atom. The quantitative estimate of drug-likeness (QED) is 0.847. The summed E-state index contributed by atoms with van der Waals surface area (Å²) in [6.45, 7) is 2.87. The topological polar surface area (TPSA) is 51.2 Å². The van der Waals surface area contributed by atoms with Crippen LogP contribution < -0.4 is 5.32 Å². The van der Waals surface area contributed by atoms with Gasteiger partial charge < -0.3 is 10.1 Å². The Labute approximate surface area is 107 Å². The molecule has 4 nitrogen and oxygen atoms in total. The van der Waals surface area contributed by atoms with E-state index in [1.807, 2.05) is 5.38 Å². The third kappa shape index (κ3) is 3.28. The first-order valence-corrected chi connectivity index (χ1v) is 6.99. The molecule has 0 saturated heterocycles. The number of rotatable bonds is 5. The monoisotopic (exact) mass is 268 g/mol. The van der Waals surface area contributed by atoms with Crippen LogP contribution in [0.3, 0.4) is 0 Å². The number of ether oxygens (including phenoxy) is 1. The number of thiazole rings is 1. The lowest BCUT2D eigenvalue weighted by Crippen LogP contribution is -2.05. The van der Waals surface area contributed by atoms with E-state index in [-0.39, 0.29) is 5.97 Å². The van der Waals surface area contributed by atoms with Crippen LogP contribution in [-0.4, -0.2) is 17.6 Å². The molecule has 2 aromatic heterocycles. The van der Waals surface area contributed by atoms with E-state index in [0.717, 1.165) is 11.7 Å². The molecule has 0 unspecified atom stereocenters. The maximum atomic E-state index is 11.4. The number of esters is 1. The van der Waals surface area contributed by atoms with Gasteiger partial charge in [-0.15, -0.1) is 11.3 Å². The van der Waals surface area contributed by atoms with Crippen molar-refractivity contribution in [2.45, 2.75) is 13.5 Å². The van der Waals surface area contributed by atoms with E-state index >= 15 is 0 Å². The van der Waals surface area contributed by atoms with Gasteiger partial charge in [-0.2, -0.15) is 11.3 Å². The van der Waals surface area contributed by atoms with Gasteiger partial charge in [0.1, 0.15) is 0 Å². The van der Waals surface area contributed by atoms with Crippen molar-refractivity contribution in [1.82, 2.24) is 4.98 Å². The maximum absolute atomic E-state index is 11.4. The number of hydrogen-bond acceptors (Lipinski definition) is 6. The van der Waals surface area contributed by atoms with Crippen molar-refractivity contribution in [1.29, 1.82) is 0 Å². The fourth-order valence-corrected chi connectivity index (χ4v) is 2.57. The average molecular weight is 268 g/mol. The first-order valence-electron chi connectivity index (χ1n) is 5.17. The van der Waals surface area contributed by atoms with Gasteiger partial charge in [-0.25, -0.2) is 9.78 Å². The third-order valence-electron chi connectivity index (χ3n) is 2.01. The molecule has 0 fully saturated rings. The molecule has 2 rings (SSSR count). The Morgan fingerprint density at radius 1 is 1.53 bits per heavy atom. The second-order valence-electron chi connectivity index (χ2n) is 3.24. The minimum Gasteiger partial charge on any atom is -0.461 e. The first kappa shape index (κ1) is 12.1. The van der Waals surface area contributed by atoms with Crippen LogP contribution in [0.4, 0.5) is 5.13 Å². The summed E-state index contributed by atoms with van der Waals surface area (Å²) in [5, 5.41) is 9.72. The molecule has 0 aliphatic heterocycles. The van der Waals surface area contributed by atoms with Crippen LogP contribution in [0.2, 0.25) is 0 Å². The lowest BCUT2D eigenvalue weighted by Gasteiger charge is -1.99. The average Bonchev–Trinajstić information content (AvgIpc) is 2.98. The number of carbonyl (C=O) groups is 1. The zero-order valence-electron chi connectivity index (χ0n) is 9.30. The van der Waals surface area contributed by atoms with E-state index in [1.54, 1.807) is 23.6 Å². The van der Waals surface area contributed by atoms with Crippen molar-refractivity contribution in [3.63, 3.8) is 0 Å². The van der Waals surface area contributed by atoms with E-state index in [4.69, 9.17) is 4.74 Å². The van der Waals surface area contributed by atoms with E-state index in [9.17, 15) is 4.79 Å². The van der Waals surface area contributed by atoms with Crippen molar-refractivity contribution in [2.24, 2.45) is 0 Å². The highest BCUT2D eigenvalue weighted by atomic mass is 32.1. The fourth-order valence-electron chi connectivity index (χ4n) is 1.22. The molecule has 6 heteroatoms. The lowest BCUT2D eigenvalue weighted by molar-refractivity contribution is 0.0520. The number of nitrogens with zero attached hydrogens (tertiary/aromatic N) is 1. The zero-order valence-corrected chi connectivity index (χ0v) is 10.9. The molecule has 0 bridgehead atoms. The molecule has 2 heterocycles. The number of hydrogen-bond donors (Lipinski definition) is 1. The van der Waals surface area contributed by atoms with E-state index in [2.05, 4.69) is 21.7 Å². The van der Waals surface area contributed by atoms with Crippen LogP contribution in [0.1, 0.15) is 23.0 Å². The smallest absolute Gasteiger partial charge is 0.357 e. The number of aromatic nitrogens is 1. The Morgan fingerprint density at radius 2 is 2.41 bits per heavy atom. The molecule has 0 radical (unpaired) electrons. The largest absolute Gasteiger partial charge is 0.461 e. The number of thiophene rings is 1. The molecule has 0 aliphatic rings. The van der Waals surface area contributed by atoms with Crippen LogP contribution in [0.25, 0.3) is 0 Å². The second kappa shape index (κ2) is 5.79. The molecule has 17 heavy (non-hydrogen) atoms. The van der Waals surface area contributed by atoms with Crippen LogP contribution in [-0.2, 0) is 11.3 Å². The van der Waals surface area contributed by atoms with Gasteiger partial charge in [0, 0.05) is 11.9 Å².